The molecule has 0 atom stereocenters. The van der Waals surface area contributed by atoms with Gasteiger partial charge < -0.3 is 4.74 Å². The molecule has 0 unspecified atom stereocenters. The van der Waals surface area contributed by atoms with Gasteiger partial charge in [0.2, 0.25) is 0 Å². The van der Waals surface area contributed by atoms with Crippen LogP contribution in [0.1, 0.15) is 10.4 Å². The second kappa shape index (κ2) is 4.39. The maximum absolute atomic E-state index is 13.1. The van der Waals surface area contributed by atoms with Gasteiger partial charge in [0.05, 0.1) is 18.4 Å². The molecule has 0 amide bonds. The van der Waals surface area contributed by atoms with Crippen molar-refractivity contribution in [3.05, 3.63) is 39.8 Å². The van der Waals surface area contributed by atoms with Crippen LogP contribution in [0.2, 0.25) is 0 Å². The standard InChI is InChI=1S/C8H5F2N3O2/c1-15-8(14)4-2-3-5(9)6(10)7(4)12-13-11/h2-3H,1H3. The number of carbonyl (C=O) groups is 1. The molecule has 0 radical (unpaired) electrons. The van der Waals surface area contributed by atoms with Gasteiger partial charge in [0.15, 0.2) is 11.6 Å². The van der Waals surface area contributed by atoms with E-state index in [1.807, 2.05) is 0 Å². The van der Waals surface area contributed by atoms with Crippen LogP contribution < -0.4 is 0 Å². The molecule has 0 heterocycles. The van der Waals surface area contributed by atoms with Crippen LogP contribution in [0.4, 0.5) is 14.5 Å². The van der Waals surface area contributed by atoms with Gasteiger partial charge in [-0.15, -0.1) is 0 Å². The molecule has 0 aliphatic heterocycles. The Morgan fingerprint density at radius 1 is 1.53 bits per heavy atom. The number of carbonyl (C=O) groups excluding carboxylic acids is 1. The number of rotatable bonds is 2. The Morgan fingerprint density at radius 3 is 2.73 bits per heavy atom. The summed E-state index contributed by atoms with van der Waals surface area (Å²) in [7, 11) is 1.07. The topological polar surface area (TPSA) is 75.1 Å². The molecule has 15 heavy (non-hydrogen) atoms. The predicted octanol–water partition coefficient (Wildman–Crippen LogP) is 2.69. The molecule has 0 saturated carbocycles. The van der Waals surface area contributed by atoms with E-state index < -0.39 is 23.3 Å². The zero-order chi connectivity index (χ0) is 11.4. The summed E-state index contributed by atoms with van der Waals surface area (Å²) in [6, 6.07) is 1.73. The van der Waals surface area contributed by atoms with Crippen LogP contribution in [0.25, 0.3) is 10.4 Å². The first-order valence-electron chi connectivity index (χ1n) is 3.73. The summed E-state index contributed by atoms with van der Waals surface area (Å²) in [5, 5.41) is 2.90. The maximum atomic E-state index is 13.1. The third-order valence-electron chi connectivity index (χ3n) is 1.62. The van der Waals surface area contributed by atoms with Crippen LogP contribution in [-0.4, -0.2) is 13.1 Å². The number of hydrogen-bond donors (Lipinski definition) is 0. The molecule has 1 aromatic carbocycles. The number of halogens is 2. The van der Waals surface area contributed by atoms with Gasteiger partial charge in [0, 0.05) is 4.91 Å². The summed E-state index contributed by atoms with van der Waals surface area (Å²) in [6.07, 6.45) is 0. The number of esters is 1. The molecule has 1 aromatic rings. The number of nitrogens with zero attached hydrogens (tertiary/aromatic N) is 3. The summed E-state index contributed by atoms with van der Waals surface area (Å²) < 4.78 is 30.1. The van der Waals surface area contributed by atoms with E-state index in [4.69, 9.17) is 5.53 Å². The van der Waals surface area contributed by atoms with Crippen molar-refractivity contribution in [2.24, 2.45) is 5.11 Å². The minimum atomic E-state index is -1.38. The van der Waals surface area contributed by atoms with E-state index in [-0.39, 0.29) is 5.56 Å². The van der Waals surface area contributed by atoms with Gasteiger partial charge in [0.1, 0.15) is 0 Å². The Balaban J connectivity index is 3.46. The molecule has 0 bridgehead atoms. The summed E-state index contributed by atoms with van der Waals surface area (Å²) in [5.41, 5.74) is 7.10. The first-order valence-corrected chi connectivity index (χ1v) is 3.73. The third kappa shape index (κ3) is 2.03. The van der Waals surface area contributed by atoms with Gasteiger partial charge in [0.25, 0.3) is 0 Å². The fraction of sp³-hybridized carbons (Fsp3) is 0.125. The van der Waals surface area contributed by atoms with Gasteiger partial charge in [-0.25, -0.2) is 13.6 Å². The summed E-state index contributed by atoms with van der Waals surface area (Å²) in [5.74, 6) is -3.49. The van der Waals surface area contributed by atoms with Gasteiger partial charge in [-0.05, 0) is 17.7 Å². The van der Waals surface area contributed by atoms with Crippen LogP contribution in [0.3, 0.4) is 0 Å². The Hall–Kier alpha value is -2.14. The zero-order valence-corrected chi connectivity index (χ0v) is 7.57. The fourth-order valence-electron chi connectivity index (χ4n) is 0.957. The monoisotopic (exact) mass is 213 g/mol. The quantitative estimate of drug-likeness (QED) is 0.327. The molecular weight excluding hydrogens is 208 g/mol. The van der Waals surface area contributed by atoms with E-state index >= 15 is 0 Å². The van der Waals surface area contributed by atoms with Crippen molar-refractivity contribution in [1.82, 2.24) is 0 Å². The van der Waals surface area contributed by atoms with Crippen molar-refractivity contribution in [2.45, 2.75) is 0 Å². The lowest BCUT2D eigenvalue weighted by molar-refractivity contribution is 0.0601. The van der Waals surface area contributed by atoms with E-state index in [9.17, 15) is 13.6 Å². The van der Waals surface area contributed by atoms with E-state index in [1.54, 1.807) is 0 Å². The summed E-state index contributed by atoms with van der Waals surface area (Å²) in [4.78, 5) is 13.4. The molecule has 0 aliphatic carbocycles. The Bertz CT molecular complexity index is 455. The normalized spacial score (nSPS) is 9.27. The molecule has 0 N–H and O–H groups in total. The molecular formula is C8H5F2N3O2. The summed E-state index contributed by atoms with van der Waals surface area (Å²) in [6.45, 7) is 0. The minimum absolute atomic E-state index is 0.325. The summed E-state index contributed by atoms with van der Waals surface area (Å²) >= 11 is 0. The van der Waals surface area contributed by atoms with Gasteiger partial charge in [-0.2, -0.15) is 0 Å². The average molecular weight is 213 g/mol. The zero-order valence-electron chi connectivity index (χ0n) is 7.57. The van der Waals surface area contributed by atoms with E-state index in [0.717, 1.165) is 19.2 Å². The average Bonchev–Trinajstić information content (AvgIpc) is 2.24. The predicted molar refractivity (Wildman–Crippen MR) is 46.5 cm³/mol. The van der Waals surface area contributed by atoms with Crippen LogP contribution in [0, 0.1) is 11.6 Å². The Kier molecular flexibility index (Phi) is 3.20. The highest BCUT2D eigenvalue weighted by molar-refractivity contribution is 5.94. The van der Waals surface area contributed by atoms with E-state index in [1.165, 1.54) is 0 Å². The largest absolute Gasteiger partial charge is 0.465 e. The number of benzene rings is 1. The molecule has 0 aromatic heterocycles. The van der Waals surface area contributed by atoms with Crippen LogP contribution in [0.5, 0.6) is 0 Å². The lowest BCUT2D eigenvalue weighted by Gasteiger charge is -2.04. The van der Waals surface area contributed by atoms with Crippen LogP contribution in [-0.2, 0) is 4.74 Å². The van der Waals surface area contributed by atoms with Gasteiger partial charge in [-0.3, -0.25) is 0 Å². The Morgan fingerprint density at radius 2 is 2.20 bits per heavy atom. The third-order valence-corrected chi connectivity index (χ3v) is 1.62. The number of ether oxygens (including phenoxy) is 1. The molecule has 5 nitrogen and oxygen atoms in total. The lowest BCUT2D eigenvalue weighted by atomic mass is 10.1. The Labute approximate surface area is 82.9 Å². The second-order valence-corrected chi connectivity index (χ2v) is 2.44. The number of hydrogen-bond acceptors (Lipinski definition) is 3. The molecule has 0 aliphatic rings. The van der Waals surface area contributed by atoms with Gasteiger partial charge in [-0.1, -0.05) is 5.11 Å². The number of azide groups is 1. The van der Waals surface area contributed by atoms with Crippen LogP contribution >= 0.6 is 0 Å². The first-order chi connectivity index (χ1) is 7.11. The highest BCUT2D eigenvalue weighted by Crippen LogP contribution is 2.26. The second-order valence-electron chi connectivity index (χ2n) is 2.44. The van der Waals surface area contributed by atoms with Crippen molar-refractivity contribution >= 4 is 11.7 Å². The molecule has 0 fully saturated rings. The highest BCUT2D eigenvalue weighted by Gasteiger charge is 2.17. The van der Waals surface area contributed by atoms with Gasteiger partial charge >= 0.3 is 5.97 Å². The van der Waals surface area contributed by atoms with Crippen molar-refractivity contribution in [3.8, 4) is 0 Å². The number of methoxy groups -OCH3 is 1. The van der Waals surface area contributed by atoms with E-state index in [2.05, 4.69) is 14.8 Å². The van der Waals surface area contributed by atoms with Crippen molar-refractivity contribution in [3.63, 3.8) is 0 Å². The maximum Gasteiger partial charge on any atom is 0.338 e. The van der Waals surface area contributed by atoms with Crippen LogP contribution in [0.15, 0.2) is 17.2 Å². The minimum Gasteiger partial charge on any atom is -0.465 e. The molecule has 7 heteroatoms. The van der Waals surface area contributed by atoms with Crippen molar-refractivity contribution in [2.75, 3.05) is 7.11 Å². The SMILES string of the molecule is COC(=O)c1ccc(F)c(F)c1N=[N+]=[N-]. The fourth-order valence-corrected chi connectivity index (χ4v) is 0.957. The smallest absolute Gasteiger partial charge is 0.338 e. The molecule has 78 valence electrons. The highest BCUT2D eigenvalue weighted by atomic mass is 19.2. The van der Waals surface area contributed by atoms with Crippen molar-refractivity contribution < 1.29 is 18.3 Å². The molecule has 0 spiro atoms. The molecule has 0 saturated heterocycles. The van der Waals surface area contributed by atoms with Crippen molar-refractivity contribution in [1.29, 1.82) is 0 Å². The first kappa shape index (κ1) is 10.9. The molecule has 1 rings (SSSR count). The lowest BCUT2D eigenvalue weighted by Crippen LogP contribution is -2.03. The van der Waals surface area contributed by atoms with E-state index in [0.29, 0.717) is 0 Å².